The molecule has 0 saturated carbocycles. The largest absolute Gasteiger partial charge is 0.0776 e. The van der Waals surface area contributed by atoms with Gasteiger partial charge in [-0.2, -0.15) is 0 Å². The van der Waals surface area contributed by atoms with Crippen LogP contribution in [0.15, 0.2) is 23.3 Å². The zero-order valence-corrected chi connectivity index (χ0v) is 11.0. The molecule has 0 aromatic heterocycles. The summed E-state index contributed by atoms with van der Waals surface area (Å²) < 4.78 is 0. The molecular weight excluding hydrogens is 179 g/mol. The summed E-state index contributed by atoms with van der Waals surface area (Å²) >= 11 is 0. The van der Waals surface area contributed by atoms with Crippen molar-refractivity contribution in [2.75, 3.05) is 0 Å². The summed E-state index contributed by atoms with van der Waals surface area (Å²) in [6.07, 6.45) is 4.71. The average Bonchev–Trinajstić information content (AvgIpc) is 1.99. The minimum absolute atomic E-state index is 0.126. The Labute approximate surface area is 96.3 Å². The van der Waals surface area contributed by atoms with Crippen LogP contribution in [-0.4, -0.2) is 7.85 Å². The van der Waals surface area contributed by atoms with E-state index >= 15 is 0 Å². The molecule has 0 fully saturated rings. The summed E-state index contributed by atoms with van der Waals surface area (Å²) in [6.45, 7) is 13.2. The van der Waals surface area contributed by atoms with Crippen LogP contribution in [-0.2, 0) is 0 Å². The number of allylic oxidation sites excluding steroid dienone is 4. The zero-order chi connectivity index (χ0) is 11.8. The minimum Gasteiger partial charge on any atom is -0.0776 e. The summed E-state index contributed by atoms with van der Waals surface area (Å²) in [5, 5.41) is -0.126. The van der Waals surface area contributed by atoms with Gasteiger partial charge in [-0.15, -0.1) is 0 Å². The Balaban J connectivity index is 3.00. The van der Waals surface area contributed by atoms with Crippen molar-refractivity contribution in [3.8, 4) is 0 Å². The highest BCUT2D eigenvalue weighted by Crippen LogP contribution is 2.44. The summed E-state index contributed by atoms with van der Waals surface area (Å²) in [5.74, 6) is 1.64. The summed E-state index contributed by atoms with van der Waals surface area (Å²) in [6, 6.07) is 0. The van der Waals surface area contributed by atoms with Crippen molar-refractivity contribution in [1.29, 1.82) is 0 Å². The predicted octanol–water partition coefficient (Wildman–Crippen LogP) is 4.15. The molecule has 1 aliphatic carbocycles. The maximum Gasteiger partial charge on any atom is 0.0747 e. The van der Waals surface area contributed by atoms with Crippen molar-refractivity contribution in [1.82, 2.24) is 0 Å². The molecule has 0 saturated heterocycles. The lowest BCUT2D eigenvalue weighted by atomic mass is 9.56. The number of hydrogen-bond acceptors (Lipinski definition) is 0. The Morgan fingerprint density at radius 1 is 1.33 bits per heavy atom. The smallest absolute Gasteiger partial charge is 0.0747 e. The first kappa shape index (κ1) is 12.6. The van der Waals surface area contributed by atoms with Gasteiger partial charge in [0.2, 0.25) is 0 Å². The lowest BCUT2D eigenvalue weighted by molar-refractivity contribution is 0.374. The van der Waals surface area contributed by atoms with Crippen molar-refractivity contribution >= 4 is 7.85 Å². The highest BCUT2D eigenvalue weighted by molar-refractivity contribution is 6.15. The molecule has 82 valence electrons. The van der Waals surface area contributed by atoms with Gasteiger partial charge in [-0.1, -0.05) is 57.7 Å². The van der Waals surface area contributed by atoms with Crippen LogP contribution < -0.4 is 0 Å². The van der Waals surface area contributed by atoms with Gasteiger partial charge in [0.05, 0.1) is 7.85 Å². The van der Waals surface area contributed by atoms with Crippen molar-refractivity contribution in [2.45, 2.75) is 46.9 Å². The fourth-order valence-corrected chi connectivity index (χ4v) is 2.84. The molecular formula is C14H23B. The summed E-state index contributed by atoms with van der Waals surface area (Å²) in [5.41, 5.74) is 2.89. The van der Waals surface area contributed by atoms with E-state index in [2.05, 4.69) is 53.7 Å². The third-order valence-corrected chi connectivity index (χ3v) is 3.33. The number of hydrogen-bond donors (Lipinski definition) is 0. The van der Waals surface area contributed by atoms with Crippen LogP contribution in [0.4, 0.5) is 0 Å². The molecule has 2 atom stereocenters. The van der Waals surface area contributed by atoms with Crippen LogP contribution in [0, 0.1) is 17.8 Å². The maximum absolute atomic E-state index is 6.24. The molecule has 2 radical (unpaired) electrons. The monoisotopic (exact) mass is 202 g/mol. The third kappa shape index (κ3) is 2.77. The molecule has 0 aromatic carbocycles. The molecule has 2 unspecified atom stereocenters. The number of rotatable bonds is 2. The standard InChI is InChI=1S/C14H23B/c1-9(2)12-7-10(3)13(11(4)8-12)14(5,6)15/h7-10,13H,1-6H3. The van der Waals surface area contributed by atoms with E-state index in [0.29, 0.717) is 17.8 Å². The molecule has 1 aliphatic rings. The summed E-state index contributed by atoms with van der Waals surface area (Å²) in [4.78, 5) is 0. The Hall–Kier alpha value is -0.455. The summed E-state index contributed by atoms with van der Waals surface area (Å²) in [7, 11) is 6.24. The Bertz CT molecular complexity index is 289. The van der Waals surface area contributed by atoms with E-state index in [9.17, 15) is 0 Å². The van der Waals surface area contributed by atoms with Gasteiger partial charge >= 0.3 is 0 Å². The first-order chi connectivity index (χ1) is 6.73. The minimum atomic E-state index is -0.126. The second-order valence-electron chi connectivity index (χ2n) is 5.87. The zero-order valence-electron chi connectivity index (χ0n) is 11.0. The van der Waals surface area contributed by atoms with Crippen LogP contribution >= 0.6 is 0 Å². The van der Waals surface area contributed by atoms with Crippen molar-refractivity contribution in [2.24, 2.45) is 17.8 Å². The molecule has 0 aromatic rings. The lowest BCUT2D eigenvalue weighted by Crippen LogP contribution is -2.27. The molecule has 0 heterocycles. The SMILES string of the molecule is [B]C(C)(C)C1C(C)=CC(C(C)C)=CC1C. The molecule has 1 heteroatoms. The van der Waals surface area contributed by atoms with Crippen molar-refractivity contribution in [3.63, 3.8) is 0 Å². The highest BCUT2D eigenvalue weighted by Gasteiger charge is 2.31. The van der Waals surface area contributed by atoms with Crippen LogP contribution in [0.5, 0.6) is 0 Å². The van der Waals surface area contributed by atoms with Gasteiger partial charge in [0.1, 0.15) is 0 Å². The Morgan fingerprint density at radius 2 is 1.87 bits per heavy atom. The van der Waals surface area contributed by atoms with E-state index in [4.69, 9.17) is 7.85 Å². The van der Waals surface area contributed by atoms with Crippen LogP contribution in [0.1, 0.15) is 41.5 Å². The average molecular weight is 202 g/mol. The van der Waals surface area contributed by atoms with Crippen molar-refractivity contribution < 1.29 is 0 Å². The normalized spacial score (nSPS) is 27.7. The highest BCUT2D eigenvalue weighted by atomic mass is 14.3. The van der Waals surface area contributed by atoms with Gasteiger partial charge in [-0.05, 0) is 30.3 Å². The lowest BCUT2D eigenvalue weighted by Gasteiger charge is -2.39. The molecule has 15 heavy (non-hydrogen) atoms. The third-order valence-electron chi connectivity index (χ3n) is 3.33. The maximum atomic E-state index is 6.24. The fourth-order valence-electron chi connectivity index (χ4n) is 2.84. The van der Waals surface area contributed by atoms with Gasteiger partial charge < -0.3 is 0 Å². The molecule has 1 rings (SSSR count). The van der Waals surface area contributed by atoms with Crippen LogP contribution in [0.3, 0.4) is 0 Å². The van der Waals surface area contributed by atoms with Gasteiger partial charge in [0.25, 0.3) is 0 Å². The first-order valence-corrected chi connectivity index (χ1v) is 5.92. The van der Waals surface area contributed by atoms with Crippen molar-refractivity contribution in [3.05, 3.63) is 23.3 Å². The molecule has 0 N–H and O–H groups in total. The molecule has 0 nitrogen and oxygen atoms in total. The van der Waals surface area contributed by atoms with Gasteiger partial charge in [0, 0.05) is 0 Å². The van der Waals surface area contributed by atoms with E-state index < -0.39 is 0 Å². The Kier molecular flexibility index (Phi) is 3.53. The second kappa shape index (κ2) is 4.19. The Morgan fingerprint density at radius 3 is 2.20 bits per heavy atom. The van der Waals surface area contributed by atoms with E-state index in [-0.39, 0.29) is 5.31 Å². The molecule has 0 amide bonds. The van der Waals surface area contributed by atoms with Crippen LogP contribution in [0.25, 0.3) is 0 Å². The second-order valence-corrected chi connectivity index (χ2v) is 5.87. The van der Waals surface area contributed by atoms with E-state index in [1.54, 1.807) is 0 Å². The van der Waals surface area contributed by atoms with E-state index in [0.717, 1.165) is 0 Å². The molecule has 0 bridgehead atoms. The van der Waals surface area contributed by atoms with E-state index in [1.807, 2.05) is 0 Å². The fraction of sp³-hybridized carbons (Fsp3) is 0.714. The van der Waals surface area contributed by atoms with Crippen LogP contribution in [0.2, 0.25) is 5.31 Å². The molecule has 0 spiro atoms. The van der Waals surface area contributed by atoms with Gasteiger partial charge in [-0.25, -0.2) is 0 Å². The topological polar surface area (TPSA) is 0 Å². The first-order valence-electron chi connectivity index (χ1n) is 5.92. The van der Waals surface area contributed by atoms with Gasteiger partial charge in [-0.3, -0.25) is 0 Å². The predicted molar refractivity (Wildman–Crippen MR) is 69.1 cm³/mol. The quantitative estimate of drug-likeness (QED) is 0.590. The van der Waals surface area contributed by atoms with E-state index in [1.165, 1.54) is 11.1 Å². The molecule has 0 aliphatic heterocycles. The van der Waals surface area contributed by atoms with Gasteiger partial charge in [0.15, 0.2) is 0 Å².